The number of nitrogens with zero attached hydrogens (tertiary/aromatic N) is 2. The van der Waals surface area contributed by atoms with Gasteiger partial charge in [0.2, 0.25) is 11.8 Å². The molecule has 0 amide bonds. The van der Waals surface area contributed by atoms with E-state index in [0.29, 0.717) is 5.56 Å². The van der Waals surface area contributed by atoms with Gasteiger partial charge in [-0.2, -0.15) is 0 Å². The minimum atomic E-state index is -0.807. The fourth-order valence-electron chi connectivity index (χ4n) is 3.19. The summed E-state index contributed by atoms with van der Waals surface area (Å²) in [6.07, 6.45) is 0. The summed E-state index contributed by atoms with van der Waals surface area (Å²) in [5, 5.41) is 0. The van der Waals surface area contributed by atoms with Crippen molar-refractivity contribution in [2.75, 3.05) is 6.61 Å². The third kappa shape index (κ3) is 2.92. The van der Waals surface area contributed by atoms with Crippen molar-refractivity contribution in [1.29, 1.82) is 0 Å². The number of fused-ring (bicyclic) bond motifs is 1. The second-order valence-electron chi connectivity index (χ2n) is 6.37. The summed E-state index contributed by atoms with van der Waals surface area (Å²) in [4.78, 5) is 37.8. The molecule has 3 rings (SSSR count). The van der Waals surface area contributed by atoms with Gasteiger partial charge in [0, 0.05) is 14.1 Å². The first kappa shape index (κ1) is 18.5. The van der Waals surface area contributed by atoms with Gasteiger partial charge in [0.25, 0.3) is 5.56 Å². The number of hydrogen-bond donors (Lipinski definition) is 1. The van der Waals surface area contributed by atoms with Crippen LogP contribution in [-0.4, -0.2) is 21.7 Å². The molecular weight excluding hydrogens is 350 g/mol. The molecule has 142 valence electrons. The maximum atomic E-state index is 12.9. The van der Waals surface area contributed by atoms with Gasteiger partial charge in [-0.3, -0.25) is 13.9 Å². The highest BCUT2D eigenvalue weighted by Crippen LogP contribution is 2.40. The number of benzene rings is 1. The predicted octanol–water partition coefficient (Wildman–Crippen LogP) is 0.650. The molecule has 8 nitrogen and oxygen atoms in total. The van der Waals surface area contributed by atoms with Crippen molar-refractivity contribution in [3.8, 4) is 5.88 Å². The maximum Gasteiger partial charge on any atom is 0.340 e. The Morgan fingerprint density at radius 1 is 1.19 bits per heavy atom. The summed E-state index contributed by atoms with van der Waals surface area (Å²) in [5.74, 6) is -1.63. The van der Waals surface area contributed by atoms with Gasteiger partial charge in [0.15, 0.2) is 0 Å². The number of aromatic nitrogens is 2. The molecule has 0 fully saturated rings. The van der Waals surface area contributed by atoms with Crippen LogP contribution >= 0.6 is 0 Å². The molecule has 1 aromatic carbocycles. The molecule has 1 atom stereocenters. The molecule has 0 saturated carbocycles. The highest BCUT2D eigenvalue weighted by atomic mass is 16.5. The number of esters is 1. The van der Waals surface area contributed by atoms with Crippen molar-refractivity contribution >= 4 is 5.97 Å². The molecule has 1 aromatic heterocycles. The smallest absolute Gasteiger partial charge is 0.340 e. The van der Waals surface area contributed by atoms with Gasteiger partial charge in [-0.1, -0.05) is 29.8 Å². The van der Waals surface area contributed by atoms with Crippen LogP contribution in [0, 0.1) is 6.92 Å². The molecule has 0 unspecified atom stereocenters. The highest BCUT2D eigenvalue weighted by molar-refractivity contribution is 5.92. The third-order valence-electron chi connectivity index (χ3n) is 4.60. The van der Waals surface area contributed by atoms with E-state index in [2.05, 4.69) is 0 Å². The number of aryl methyl sites for hydroxylation is 1. The zero-order valence-corrected chi connectivity index (χ0v) is 15.6. The largest absolute Gasteiger partial charge is 0.462 e. The van der Waals surface area contributed by atoms with E-state index in [1.165, 1.54) is 18.7 Å². The summed E-state index contributed by atoms with van der Waals surface area (Å²) in [5.41, 5.74) is 6.83. The fraction of sp³-hybridized carbons (Fsp3) is 0.316. The van der Waals surface area contributed by atoms with Gasteiger partial charge in [-0.25, -0.2) is 9.59 Å². The Hall–Kier alpha value is -3.29. The van der Waals surface area contributed by atoms with Crippen LogP contribution in [0.4, 0.5) is 0 Å². The predicted molar refractivity (Wildman–Crippen MR) is 98.4 cm³/mol. The van der Waals surface area contributed by atoms with Gasteiger partial charge >= 0.3 is 11.7 Å². The van der Waals surface area contributed by atoms with Crippen molar-refractivity contribution < 1.29 is 14.3 Å². The first-order valence-corrected chi connectivity index (χ1v) is 8.49. The first-order chi connectivity index (χ1) is 12.8. The Labute approximate surface area is 155 Å². The van der Waals surface area contributed by atoms with Crippen molar-refractivity contribution in [3.63, 3.8) is 0 Å². The molecule has 0 radical (unpaired) electrons. The lowest BCUT2D eigenvalue weighted by atomic mass is 9.84. The van der Waals surface area contributed by atoms with Crippen molar-refractivity contribution in [1.82, 2.24) is 9.13 Å². The van der Waals surface area contributed by atoms with E-state index < -0.39 is 23.1 Å². The molecule has 0 bridgehead atoms. The van der Waals surface area contributed by atoms with E-state index in [0.717, 1.165) is 10.1 Å². The van der Waals surface area contributed by atoms with Gasteiger partial charge in [-0.05, 0) is 19.4 Å². The molecule has 0 aliphatic carbocycles. The van der Waals surface area contributed by atoms with Crippen molar-refractivity contribution in [3.05, 3.63) is 73.3 Å². The summed E-state index contributed by atoms with van der Waals surface area (Å²) in [7, 11) is 2.86. The average molecular weight is 371 g/mol. The van der Waals surface area contributed by atoms with Crippen LogP contribution in [0.3, 0.4) is 0 Å². The topological polar surface area (TPSA) is 106 Å². The SMILES string of the molecule is CCOC(=O)C1=C(N)Oc2c(c(=O)n(C)c(=O)n2C)[C@@H]1c1ccc(C)cc1. The Morgan fingerprint density at radius 2 is 1.81 bits per heavy atom. The van der Waals surface area contributed by atoms with Gasteiger partial charge in [0.1, 0.15) is 5.57 Å². The van der Waals surface area contributed by atoms with Crippen LogP contribution in [0.5, 0.6) is 5.88 Å². The third-order valence-corrected chi connectivity index (χ3v) is 4.60. The summed E-state index contributed by atoms with van der Waals surface area (Å²) in [6.45, 7) is 3.76. The lowest BCUT2D eigenvalue weighted by molar-refractivity contribution is -0.139. The van der Waals surface area contributed by atoms with Crippen molar-refractivity contribution in [2.45, 2.75) is 19.8 Å². The first-order valence-electron chi connectivity index (χ1n) is 8.49. The lowest BCUT2D eigenvalue weighted by Crippen LogP contribution is -2.43. The zero-order valence-electron chi connectivity index (χ0n) is 15.6. The van der Waals surface area contributed by atoms with Crippen LogP contribution in [0.1, 0.15) is 29.5 Å². The molecule has 0 spiro atoms. The van der Waals surface area contributed by atoms with Gasteiger partial charge < -0.3 is 15.2 Å². The standard InChI is InChI=1S/C19H21N3O5/c1-5-26-18(24)13-12(11-8-6-10(2)7-9-11)14-16(23)21(3)19(25)22(4)17(14)27-15(13)20/h6-9,12H,5,20H2,1-4H3/t12-/m1/s1. The Kier molecular flexibility index (Phi) is 4.65. The monoisotopic (exact) mass is 371 g/mol. The van der Waals surface area contributed by atoms with Crippen LogP contribution in [0.15, 0.2) is 45.3 Å². The number of hydrogen-bond acceptors (Lipinski definition) is 6. The second kappa shape index (κ2) is 6.79. The van der Waals surface area contributed by atoms with Crippen LogP contribution < -0.4 is 21.7 Å². The maximum absolute atomic E-state index is 12.9. The quantitative estimate of drug-likeness (QED) is 0.794. The summed E-state index contributed by atoms with van der Waals surface area (Å²) in [6, 6.07) is 7.37. The zero-order chi connectivity index (χ0) is 19.9. The van der Waals surface area contributed by atoms with Crippen LogP contribution in [0.25, 0.3) is 0 Å². The van der Waals surface area contributed by atoms with E-state index >= 15 is 0 Å². The van der Waals surface area contributed by atoms with E-state index in [1.54, 1.807) is 6.92 Å². The molecule has 1 aliphatic rings. The minimum Gasteiger partial charge on any atom is -0.462 e. The number of rotatable bonds is 3. The van der Waals surface area contributed by atoms with E-state index in [9.17, 15) is 14.4 Å². The van der Waals surface area contributed by atoms with Gasteiger partial charge in [-0.15, -0.1) is 0 Å². The van der Waals surface area contributed by atoms with Gasteiger partial charge in [0.05, 0.1) is 18.1 Å². The second-order valence-corrected chi connectivity index (χ2v) is 6.37. The molecule has 2 heterocycles. The molecule has 27 heavy (non-hydrogen) atoms. The molecule has 0 saturated heterocycles. The Bertz CT molecular complexity index is 1060. The van der Waals surface area contributed by atoms with Crippen LogP contribution in [0.2, 0.25) is 0 Å². The Morgan fingerprint density at radius 3 is 2.41 bits per heavy atom. The molecule has 8 heteroatoms. The number of carbonyl (C=O) groups excluding carboxylic acids is 1. The Balaban J connectivity index is 2.37. The van der Waals surface area contributed by atoms with E-state index in [1.807, 2.05) is 31.2 Å². The number of nitrogens with two attached hydrogens (primary N) is 1. The molecule has 1 aliphatic heterocycles. The highest BCUT2D eigenvalue weighted by Gasteiger charge is 2.39. The van der Waals surface area contributed by atoms with Crippen molar-refractivity contribution in [2.24, 2.45) is 19.8 Å². The fourth-order valence-corrected chi connectivity index (χ4v) is 3.19. The normalized spacial score (nSPS) is 15.9. The lowest BCUT2D eigenvalue weighted by Gasteiger charge is -2.29. The van der Waals surface area contributed by atoms with E-state index in [-0.39, 0.29) is 29.5 Å². The minimum absolute atomic E-state index is 0.0271. The molecule has 2 N–H and O–H groups in total. The number of ether oxygens (including phenoxy) is 2. The average Bonchev–Trinajstić information content (AvgIpc) is 2.64. The molecular formula is C19H21N3O5. The number of carbonyl (C=O) groups is 1. The molecule has 2 aromatic rings. The van der Waals surface area contributed by atoms with E-state index in [4.69, 9.17) is 15.2 Å². The summed E-state index contributed by atoms with van der Waals surface area (Å²) >= 11 is 0. The van der Waals surface area contributed by atoms with Crippen LogP contribution in [-0.2, 0) is 23.6 Å². The summed E-state index contributed by atoms with van der Waals surface area (Å²) < 4.78 is 12.9.